The van der Waals surface area contributed by atoms with Gasteiger partial charge in [-0.25, -0.2) is 4.98 Å². The van der Waals surface area contributed by atoms with Crippen LogP contribution in [0.5, 0.6) is 0 Å². The van der Waals surface area contributed by atoms with Gasteiger partial charge in [-0.1, -0.05) is 63.7 Å². The molecule has 0 N–H and O–H groups in total. The van der Waals surface area contributed by atoms with E-state index in [0.717, 1.165) is 11.1 Å². The second-order valence-electron chi connectivity index (χ2n) is 5.82. The summed E-state index contributed by atoms with van der Waals surface area (Å²) in [5, 5.41) is 6.39. The zero-order chi connectivity index (χ0) is 19.4. The topological polar surface area (TPSA) is 39.4 Å². The van der Waals surface area contributed by atoms with Gasteiger partial charge < -0.3 is 9.40 Å². The molecule has 0 bridgehead atoms. The molecule has 0 spiro atoms. The third-order valence-corrected chi connectivity index (χ3v) is 4.99. The number of nitrogens with zero attached hydrogens (tertiary/aromatic N) is 3. The predicted molar refractivity (Wildman–Crippen MR) is 111 cm³/mol. The average molecular weight is 443 g/mol. The fourth-order valence-electron chi connectivity index (χ4n) is 2.51. The number of hydrogen-bond acceptors (Lipinski definition) is 3. The largest absolute Gasteiger partial charge is 0.385 e. The Balaban J connectivity index is 1.88. The van der Waals surface area contributed by atoms with Crippen molar-refractivity contribution in [2.24, 2.45) is 5.16 Å². The first-order valence-corrected chi connectivity index (χ1v) is 9.52. The Bertz CT molecular complexity index is 958. The monoisotopic (exact) mass is 441 g/mol. The molecule has 1 atom stereocenters. The van der Waals surface area contributed by atoms with E-state index in [2.05, 4.69) is 10.1 Å². The van der Waals surface area contributed by atoms with Crippen LogP contribution in [0, 0.1) is 0 Å². The highest BCUT2D eigenvalue weighted by Crippen LogP contribution is 2.30. The molecule has 0 fully saturated rings. The molecular formula is C19H15Cl4N3O. The number of oxime groups is 1. The number of benzene rings is 2. The number of halogens is 4. The lowest BCUT2D eigenvalue weighted by molar-refractivity contribution is 0.0457. The smallest absolute Gasteiger partial charge is 0.171 e. The summed E-state index contributed by atoms with van der Waals surface area (Å²) in [6.45, 7) is 2.29. The first-order valence-electron chi connectivity index (χ1n) is 8.00. The van der Waals surface area contributed by atoms with Gasteiger partial charge in [0.1, 0.15) is 0 Å². The van der Waals surface area contributed by atoms with Crippen molar-refractivity contribution < 1.29 is 4.84 Å². The van der Waals surface area contributed by atoms with Crippen molar-refractivity contribution in [2.45, 2.75) is 19.6 Å². The molecule has 0 radical (unpaired) electrons. The molecule has 0 aliphatic heterocycles. The highest BCUT2D eigenvalue weighted by Gasteiger charge is 2.18. The lowest BCUT2D eigenvalue weighted by Crippen LogP contribution is -2.11. The molecule has 3 aromatic rings. The standard InChI is InChI=1S/C19H15Cl4N3O/c1-12(15-4-2-13(20)8-17(15)22)25-27-19(10-26-7-6-24-11-26)16-5-3-14(21)9-18(16)23/h2-9,11,19H,10H2,1H3/b25-12+. The van der Waals surface area contributed by atoms with Crippen molar-refractivity contribution in [2.75, 3.05) is 0 Å². The summed E-state index contributed by atoms with van der Waals surface area (Å²) in [5.41, 5.74) is 2.13. The predicted octanol–water partition coefficient (Wildman–Crippen LogP) is 6.68. The van der Waals surface area contributed by atoms with Crippen molar-refractivity contribution in [3.8, 4) is 0 Å². The third kappa shape index (κ3) is 5.17. The lowest BCUT2D eigenvalue weighted by atomic mass is 10.1. The Labute approximate surface area is 177 Å². The van der Waals surface area contributed by atoms with Crippen LogP contribution in [0.1, 0.15) is 24.2 Å². The van der Waals surface area contributed by atoms with Gasteiger partial charge in [-0.15, -0.1) is 0 Å². The van der Waals surface area contributed by atoms with Crippen molar-refractivity contribution in [3.05, 3.63) is 86.3 Å². The third-order valence-electron chi connectivity index (χ3n) is 3.88. The average Bonchev–Trinajstić information content (AvgIpc) is 3.12. The van der Waals surface area contributed by atoms with Crippen LogP contribution in [0.25, 0.3) is 0 Å². The van der Waals surface area contributed by atoms with Crippen molar-refractivity contribution in [1.29, 1.82) is 0 Å². The molecule has 140 valence electrons. The zero-order valence-corrected chi connectivity index (χ0v) is 17.3. The molecule has 2 aromatic carbocycles. The maximum absolute atomic E-state index is 6.37. The van der Waals surface area contributed by atoms with Crippen LogP contribution in [0.15, 0.2) is 60.3 Å². The van der Waals surface area contributed by atoms with Crippen molar-refractivity contribution in [3.63, 3.8) is 0 Å². The fourth-order valence-corrected chi connectivity index (χ4v) is 3.59. The van der Waals surface area contributed by atoms with E-state index in [9.17, 15) is 0 Å². The van der Waals surface area contributed by atoms with Gasteiger partial charge in [0.2, 0.25) is 0 Å². The van der Waals surface area contributed by atoms with E-state index < -0.39 is 6.10 Å². The molecule has 0 amide bonds. The molecule has 27 heavy (non-hydrogen) atoms. The van der Waals surface area contributed by atoms with E-state index >= 15 is 0 Å². The van der Waals surface area contributed by atoms with Gasteiger partial charge in [0.15, 0.2) is 6.10 Å². The van der Waals surface area contributed by atoms with Crippen LogP contribution >= 0.6 is 46.4 Å². The molecule has 4 nitrogen and oxygen atoms in total. The van der Waals surface area contributed by atoms with Crippen LogP contribution in [0.3, 0.4) is 0 Å². The SMILES string of the molecule is C/C(=N\OC(Cn1ccnc1)c1ccc(Cl)cc1Cl)c1ccc(Cl)cc1Cl. The number of imidazole rings is 1. The Kier molecular flexibility index (Phi) is 6.66. The molecule has 1 unspecified atom stereocenters. The van der Waals surface area contributed by atoms with Gasteiger partial charge in [-0.2, -0.15) is 0 Å². The van der Waals surface area contributed by atoms with E-state index in [1.165, 1.54) is 0 Å². The molecule has 0 aliphatic carbocycles. The van der Waals surface area contributed by atoms with Gasteiger partial charge >= 0.3 is 0 Å². The number of hydrogen-bond donors (Lipinski definition) is 0. The Morgan fingerprint density at radius 3 is 2.41 bits per heavy atom. The van der Waals surface area contributed by atoms with Gasteiger partial charge in [0.25, 0.3) is 0 Å². The minimum atomic E-state index is -0.440. The van der Waals surface area contributed by atoms with Gasteiger partial charge in [0.05, 0.1) is 23.6 Å². The fraction of sp³-hybridized carbons (Fsp3) is 0.158. The van der Waals surface area contributed by atoms with Crippen molar-refractivity contribution >= 4 is 52.1 Å². The lowest BCUT2D eigenvalue weighted by Gasteiger charge is -2.18. The zero-order valence-electron chi connectivity index (χ0n) is 14.2. The first kappa shape index (κ1) is 20.0. The van der Waals surface area contributed by atoms with Crippen LogP contribution < -0.4 is 0 Å². The number of rotatable bonds is 6. The molecule has 8 heteroatoms. The molecule has 0 saturated heterocycles. The molecule has 1 heterocycles. The summed E-state index contributed by atoms with van der Waals surface area (Å²) < 4.78 is 1.88. The highest BCUT2D eigenvalue weighted by molar-refractivity contribution is 6.37. The minimum absolute atomic E-state index is 0.440. The van der Waals surface area contributed by atoms with E-state index in [4.69, 9.17) is 51.2 Å². The quantitative estimate of drug-likeness (QED) is 0.315. The summed E-state index contributed by atoms with van der Waals surface area (Å²) in [7, 11) is 0. The molecular weight excluding hydrogens is 428 g/mol. The van der Waals surface area contributed by atoms with E-state index in [1.807, 2.05) is 23.8 Å². The number of aromatic nitrogens is 2. The normalized spacial score (nSPS) is 12.9. The second-order valence-corrected chi connectivity index (χ2v) is 7.51. The second kappa shape index (κ2) is 8.98. The minimum Gasteiger partial charge on any atom is -0.385 e. The summed E-state index contributed by atoms with van der Waals surface area (Å²) >= 11 is 24.6. The Hall–Kier alpha value is -1.72. The molecule has 0 aliphatic rings. The summed E-state index contributed by atoms with van der Waals surface area (Å²) in [6, 6.07) is 10.5. The van der Waals surface area contributed by atoms with Gasteiger partial charge in [-0.05, 0) is 31.2 Å². The van der Waals surface area contributed by atoms with Crippen molar-refractivity contribution in [1.82, 2.24) is 9.55 Å². The maximum atomic E-state index is 6.37. The summed E-state index contributed by atoms with van der Waals surface area (Å²) in [4.78, 5) is 9.90. The van der Waals surface area contributed by atoms with Crippen LogP contribution in [-0.4, -0.2) is 15.3 Å². The van der Waals surface area contributed by atoms with E-state index in [-0.39, 0.29) is 0 Å². The molecule has 3 rings (SSSR count). The van der Waals surface area contributed by atoms with Gasteiger partial charge in [-0.3, -0.25) is 0 Å². The first-order chi connectivity index (χ1) is 12.9. The Morgan fingerprint density at radius 2 is 1.78 bits per heavy atom. The molecule has 1 aromatic heterocycles. The van der Waals surface area contributed by atoms with Crippen LogP contribution in [0.2, 0.25) is 20.1 Å². The van der Waals surface area contributed by atoms with E-state index in [1.54, 1.807) is 42.9 Å². The van der Waals surface area contributed by atoms with E-state index in [0.29, 0.717) is 32.3 Å². The van der Waals surface area contributed by atoms with Gasteiger partial charge in [0, 0.05) is 38.6 Å². The van der Waals surface area contributed by atoms with Crippen LogP contribution in [-0.2, 0) is 11.4 Å². The highest BCUT2D eigenvalue weighted by atomic mass is 35.5. The summed E-state index contributed by atoms with van der Waals surface area (Å²) in [6.07, 6.45) is 4.80. The Morgan fingerprint density at radius 1 is 1.07 bits per heavy atom. The summed E-state index contributed by atoms with van der Waals surface area (Å²) in [5.74, 6) is 0. The molecule has 0 saturated carbocycles. The van der Waals surface area contributed by atoms with Crippen LogP contribution in [0.4, 0.5) is 0 Å². The maximum Gasteiger partial charge on any atom is 0.171 e.